The summed E-state index contributed by atoms with van der Waals surface area (Å²) >= 11 is 0. The summed E-state index contributed by atoms with van der Waals surface area (Å²) in [5.74, 6) is 0. The first kappa shape index (κ1) is 8.97. The molecule has 0 bridgehead atoms. The van der Waals surface area contributed by atoms with Crippen molar-refractivity contribution in [3.8, 4) is 0 Å². The molecule has 0 saturated carbocycles. The van der Waals surface area contributed by atoms with Gasteiger partial charge >= 0.3 is 0 Å². The van der Waals surface area contributed by atoms with Crippen molar-refractivity contribution in [3.63, 3.8) is 0 Å². The van der Waals surface area contributed by atoms with Gasteiger partial charge in [0.1, 0.15) is 0 Å². The lowest BCUT2D eigenvalue weighted by Gasteiger charge is -2.10. The van der Waals surface area contributed by atoms with Gasteiger partial charge in [0.05, 0.1) is 18.6 Å². The summed E-state index contributed by atoms with van der Waals surface area (Å²) in [4.78, 5) is 3.95. The van der Waals surface area contributed by atoms with E-state index in [0.29, 0.717) is 0 Å². The SMILES string of the molecule is Cc1cocc1C(N)c1ccncc1. The van der Waals surface area contributed by atoms with E-state index in [1.165, 1.54) is 0 Å². The van der Waals surface area contributed by atoms with Gasteiger partial charge in [0, 0.05) is 18.0 Å². The van der Waals surface area contributed by atoms with Gasteiger partial charge in [-0.3, -0.25) is 4.98 Å². The number of furan rings is 1. The van der Waals surface area contributed by atoms with Gasteiger partial charge in [0.25, 0.3) is 0 Å². The Hall–Kier alpha value is -1.61. The second-order valence-electron chi connectivity index (χ2n) is 3.27. The average molecular weight is 188 g/mol. The zero-order valence-corrected chi connectivity index (χ0v) is 7.97. The Balaban J connectivity index is 2.34. The van der Waals surface area contributed by atoms with Crippen LogP contribution in [0, 0.1) is 6.92 Å². The molecule has 2 rings (SSSR count). The van der Waals surface area contributed by atoms with Crippen LogP contribution < -0.4 is 5.73 Å². The molecule has 2 aromatic heterocycles. The number of pyridine rings is 1. The lowest BCUT2D eigenvalue weighted by Crippen LogP contribution is -2.11. The normalized spacial score (nSPS) is 12.7. The van der Waals surface area contributed by atoms with Crippen LogP contribution >= 0.6 is 0 Å². The molecule has 0 aliphatic heterocycles. The molecule has 0 aromatic carbocycles. The van der Waals surface area contributed by atoms with Gasteiger partial charge in [0.15, 0.2) is 0 Å². The third kappa shape index (κ3) is 1.54. The zero-order chi connectivity index (χ0) is 9.97. The molecular weight excluding hydrogens is 176 g/mol. The number of aryl methyl sites for hydroxylation is 1. The fourth-order valence-electron chi connectivity index (χ4n) is 1.44. The minimum Gasteiger partial charge on any atom is -0.472 e. The summed E-state index contributed by atoms with van der Waals surface area (Å²) in [7, 11) is 0. The number of nitrogens with two attached hydrogens (primary N) is 1. The highest BCUT2D eigenvalue weighted by Crippen LogP contribution is 2.22. The molecule has 14 heavy (non-hydrogen) atoms. The number of hydrogen-bond acceptors (Lipinski definition) is 3. The Morgan fingerprint density at radius 1 is 1.29 bits per heavy atom. The molecule has 1 atom stereocenters. The first-order valence-corrected chi connectivity index (χ1v) is 4.47. The van der Waals surface area contributed by atoms with Gasteiger partial charge in [-0.25, -0.2) is 0 Å². The zero-order valence-electron chi connectivity index (χ0n) is 7.97. The van der Waals surface area contributed by atoms with E-state index in [-0.39, 0.29) is 6.04 Å². The minimum absolute atomic E-state index is 0.128. The van der Waals surface area contributed by atoms with E-state index in [9.17, 15) is 0 Å². The van der Waals surface area contributed by atoms with Gasteiger partial charge in [-0.1, -0.05) is 0 Å². The molecule has 3 nitrogen and oxygen atoms in total. The van der Waals surface area contributed by atoms with E-state index in [1.54, 1.807) is 24.9 Å². The molecular formula is C11H12N2O. The van der Waals surface area contributed by atoms with Gasteiger partial charge < -0.3 is 10.2 Å². The quantitative estimate of drug-likeness (QED) is 0.784. The fourth-order valence-corrected chi connectivity index (χ4v) is 1.44. The average Bonchev–Trinajstić information content (AvgIpc) is 2.65. The van der Waals surface area contributed by atoms with Crippen LogP contribution in [0.5, 0.6) is 0 Å². The molecule has 72 valence electrons. The molecule has 2 aromatic rings. The highest BCUT2D eigenvalue weighted by Gasteiger charge is 2.12. The third-order valence-electron chi connectivity index (χ3n) is 2.30. The van der Waals surface area contributed by atoms with Crippen molar-refractivity contribution in [2.24, 2.45) is 5.73 Å². The smallest absolute Gasteiger partial charge is 0.0956 e. The Bertz CT molecular complexity index is 408. The third-order valence-corrected chi connectivity index (χ3v) is 2.30. The Morgan fingerprint density at radius 3 is 2.57 bits per heavy atom. The van der Waals surface area contributed by atoms with Gasteiger partial charge in [-0.2, -0.15) is 0 Å². The van der Waals surface area contributed by atoms with Crippen molar-refractivity contribution >= 4 is 0 Å². The first-order valence-electron chi connectivity index (χ1n) is 4.47. The van der Waals surface area contributed by atoms with E-state index in [1.807, 2.05) is 19.1 Å². The maximum Gasteiger partial charge on any atom is 0.0956 e. The Labute approximate surface area is 82.6 Å². The highest BCUT2D eigenvalue weighted by atomic mass is 16.3. The van der Waals surface area contributed by atoms with Crippen LogP contribution in [0.25, 0.3) is 0 Å². The predicted molar refractivity (Wildman–Crippen MR) is 53.7 cm³/mol. The van der Waals surface area contributed by atoms with Crippen LogP contribution in [-0.2, 0) is 0 Å². The lowest BCUT2D eigenvalue weighted by molar-refractivity contribution is 0.561. The first-order chi connectivity index (χ1) is 6.79. The Kier molecular flexibility index (Phi) is 2.33. The van der Waals surface area contributed by atoms with Crippen LogP contribution in [0.1, 0.15) is 22.7 Å². The van der Waals surface area contributed by atoms with Crippen LogP contribution in [0.2, 0.25) is 0 Å². The van der Waals surface area contributed by atoms with Crippen molar-refractivity contribution in [1.82, 2.24) is 4.98 Å². The monoisotopic (exact) mass is 188 g/mol. The summed E-state index contributed by atoms with van der Waals surface area (Å²) in [6.45, 7) is 1.99. The topological polar surface area (TPSA) is 52.0 Å². The second-order valence-corrected chi connectivity index (χ2v) is 3.27. The molecule has 3 heteroatoms. The highest BCUT2D eigenvalue weighted by molar-refractivity contribution is 5.32. The molecule has 0 aliphatic rings. The van der Waals surface area contributed by atoms with Gasteiger partial charge in [0.2, 0.25) is 0 Å². The van der Waals surface area contributed by atoms with Crippen molar-refractivity contribution in [3.05, 3.63) is 53.7 Å². The molecule has 0 aliphatic carbocycles. The molecule has 0 radical (unpaired) electrons. The summed E-state index contributed by atoms with van der Waals surface area (Å²) in [6, 6.07) is 3.70. The lowest BCUT2D eigenvalue weighted by atomic mass is 10.0. The summed E-state index contributed by atoms with van der Waals surface area (Å²) in [5, 5.41) is 0. The minimum atomic E-state index is -0.128. The maximum absolute atomic E-state index is 6.07. The fraction of sp³-hybridized carbons (Fsp3) is 0.182. The Morgan fingerprint density at radius 2 is 2.00 bits per heavy atom. The maximum atomic E-state index is 6.07. The number of nitrogens with zero attached hydrogens (tertiary/aromatic N) is 1. The molecule has 0 saturated heterocycles. The second kappa shape index (κ2) is 3.64. The molecule has 0 amide bonds. The summed E-state index contributed by atoms with van der Waals surface area (Å²) < 4.78 is 5.09. The van der Waals surface area contributed by atoms with E-state index in [2.05, 4.69) is 4.98 Å². The summed E-state index contributed by atoms with van der Waals surface area (Å²) in [5.41, 5.74) is 9.22. The largest absolute Gasteiger partial charge is 0.472 e. The van der Waals surface area contributed by atoms with Crippen LogP contribution in [0.3, 0.4) is 0 Å². The van der Waals surface area contributed by atoms with Crippen LogP contribution in [0.15, 0.2) is 41.5 Å². The molecule has 1 unspecified atom stereocenters. The van der Waals surface area contributed by atoms with Crippen molar-refractivity contribution in [1.29, 1.82) is 0 Å². The van der Waals surface area contributed by atoms with Crippen LogP contribution in [-0.4, -0.2) is 4.98 Å². The van der Waals surface area contributed by atoms with Crippen LogP contribution in [0.4, 0.5) is 0 Å². The molecule has 0 fully saturated rings. The summed E-state index contributed by atoms with van der Waals surface area (Å²) in [6.07, 6.45) is 6.88. The predicted octanol–water partition coefficient (Wildman–Crippen LogP) is 2.03. The number of aromatic nitrogens is 1. The van der Waals surface area contributed by atoms with Crippen molar-refractivity contribution in [2.75, 3.05) is 0 Å². The van der Waals surface area contributed by atoms with Gasteiger partial charge in [-0.15, -0.1) is 0 Å². The number of rotatable bonds is 2. The van der Waals surface area contributed by atoms with Gasteiger partial charge in [-0.05, 0) is 30.2 Å². The van der Waals surface area contributed by atoms with E-state index >= 15 is 0 Å². The van der Waals surface area contributed by atoms with E-state index < -0.39 is 0 Å². The van der Waals surface area contributed by atoms with E-state index in [4.69, 9.17) is 10.2 Å². The molecule has 2 N–H and O–H groups in total. The number of hydrogen-bond donors (Lipinski definition) is 1. The standard InChI is InChI=1S/C11H12N2O/c1-8-6-14-7-10(8)11(12)9-2-4-13-5-3-9/h2-7,11H,12H2,1H3. The molecule has 0 spiro atoms. The molecule has 2 heterocycles. The van der Waals surface area contributed by atoms with Crippen molar-refractivity contribution in [2.45, 2.75) is 13.0 Å². The van der Waals surface area contributed by atoms with E-state index in [0.717, 1.165) is 16.7 Å². The van der Waals surface area contributed by atoms with Crippen molar-refractivity contribution < 1.29 is 4.42 Å².